The van der Waals surface area contributed by atoms with Crippen molar-refractivity contribution in [2.75, 3.05) is 0 Å². The molecule has 3 nitrogen and oxygen atoms in total. The zero-order valence-electron chi connectivity index (χ0n) is 14.9. The minimum absolute atomic E-state index is 0.572. The standard InChI is InChI=1S/C22H22N2O/c1-4-15-7-9-23-20(12-15)19-13-16-8-10-25-22(16)21-18(19)6-5-17(24-21)11-14(2)3/h5-10,12-14H,4,11H2,1-3H3. The minimum Gasteiger partial charge on any atom is -0.462 e. The van der Waals surface area contributed by atoms with Gasteiger partial charge in [-0.1, -0.05) is 26.8 Å². The fraction of sp³-hybridized carbons (Fsp3) is 0.273. The summed E-state index contributed by atoms with van der Waals surface area (Å²) >= 11 is 0. The number of rotatable bonds is 4. The second kappa shape index (κ2) is 6.32. The van der Waals surface area contributed by atoms with Crippen LogP contribution in [0, 0.1) is 5.92 Å². The third-order valence-electron chi connectivity index (χ3n) is 4.58. The fourth-order valence-electron chi connectivity index (χ4n) is 3.33. The van der Waals surface area contributed by atoms with Gasteiger partial charge in [-0.05, 0) is 54.7 Å². The average molecular weight is 330 g/mol. The van der Waals surface area contributed by atoms with Crippen LogP contribution >= 0.6 is 0 Å². The van der Waals surface area contributed by atoms with E-state index in [-0.39, 0.29) is 0 Å². The number of aryl methyl sites for hydroxylation is 1. The molecule has 0 amide bonds. The summed E-state index contributed by atoms with van der Waals surface area (Å²) in [6.07, 6.45) is 5.59. The number of aromatic nitrogens is 2. The summed E-state index contributed by atoms with van der Waals surface area (Å²) < 4.78 is 5.74. The SMILES string of the molecule is CCc1ccnc(-c2cc3ccoc3c3nc(CC(C)C)ccc23)c1. The van der Waals surface area contributed by atoms with Crippen LogP contribution in [0.15, 0.2) is 53.3 Å². The van der Waals surface area contributed by atoms with E-state index in [2.05, 4.69) is 56.1 Å². The van der Waals surface area contributed by atoms with Gasteiger partial charge in [-0.3, -0.25) is 4.98 Å². The number of hydrogen-bond acceptors (Lipinski definition) is 3. The summed E-state index contributed by atoms with van der Waals surface area (Å²) in [6, 6.07) is 12.7. The molecular formula is C22H22N2O. The third kappa shape index (κ3) is 2.91. The first-order valence-electron chi connectivity index (χ1n) is 8.91. The van der Waals surface area contributed by atoms with Gasteiger partial charge in [-0.15, -0.1) is 0 Å². The molecule has 25 heavy (non-hydrogen) atoms. The summed E-state index contributed by atoms with van der Waals surface area (Å²) in [6.45, 7) is 6.59. The molecule has 0 atom stereocenters. The highest BCUT2D eigenvalue weighted by atomic mass is 16.3. The molecule has 0 saturated carbocycles. The van der Waals surface area contributed by atoms with Crippen molar-refractivity contribution in [2.24, 2.45) is 5.92 Å². The first-order chi connectivity index (χ1) is 12.2. The first kappa shape index (κ1) is 15.8. The molecule has 0 unspecified atom stereocenters. The lowest BCUT2D eigenvalue weighted by molar-refractivity contribution is 0.616. The van der Waals surface area contributed by atoms with Gasteiger partial charge in [0, 0.05) is 28.2 Å². The predicted molar refractivity (Wildman–Crippen MR) is 103 cm³/mol. The van der Waals surface area contributed by atoms with Gasteiger partial charge >= 0.3 is 0 Å². The molecular weight excluding hydrogens is 308 g/mol. The van der Waals surface area contributed by atoms with Crippen molar-refractivity contribution in [3.8, 4) is 11.3 Å². The Morgan fingerprint density at radius 1 is 1.08 bits per heavy atom. The normalized spacial score (nSPS) is 11.7. The number of fused-ring (bicyclic) bond motifs is 3. The molecule has 0 bridgehead atoms. The number of furan rings is 1. The molecule has 0 aliphatic carbocycles. The summed E-state index contributed by atoms with van der Waals surface area (Å²) in [5.74, 6) is 0.572. The van der Waals surface area contributed by atoms with Gasteiger partial charge in [0.05, 0.1) is 12.0 Å². The Balaban J connectivity index is 1.99. The van der Waals surface area contributed by atoms with Gasteiger partial charge in [-0.25, -0.2) is 4.98 Å². The van der Waals surface area contributed by atoms with Crippen LogP contribution in [-0.4, -0.2) is 9.97 Å². The van der Waals surface area contributed by atoms with E-state index < -0.39 is 0 Å². The molecule has 0 N–H and O–H groups in total. The van der Waals surface area contributed by atoms with Gasteiger partial charge in [0.15, 0.2) is 5.58 Å². The van der Waals surface area contributed by atoms with E-state index in [4.69, 9.17) is 9.40 Å². The summed E-state index contributed by atoms with van der Waals surface area (Å²) in [5.41, 5.74) is 6.28. The van der Waals surface area contributed by atoms with Crippen LogP contribution in [-0.2, 0) is 12.8 Å². The van der Waals surface area contributed by atoms with Crippen molar-refractivity contribution in [2.45, 2.75) is 33.6 Å². The van der Waals surface area contributed by atoms with Gasteiger partial charge in [0.1, 0.15) is 5.52 Å². The monoisotopic (exact) mass is 330 g/mol. The molecule has 4 aromatic rings. The Bertz CT molecular complexity index is 1050. The summed E-state index contributed by atoms with van der Waals surface area (Å²) in [4.78, 5) is 9.53. The molecule has 4 rings (SSSR count). The summed E-state index contributed by atoms with van der Waals surface area (Å²) in [5, 5.41) is 2.16. The summed E-state index contributed by atoms with van der Waals surface area (Å²) in [7, 11) is 0. The Kier molecular flexibility index (Phi) is 4.00. The van der Waals surface area contributed by atoms with Crippen LogP contribution in [0.25, 0.3) is 33.1 Å². The van der Waals surface area contributed by atoms with E-state index in [0.717, 1.165) is 51.7 Å². The Labute approximate surface area is 147 Å². The van der Waals surface area contributed by atoms with E-state index in [1.807, 2.05) is 12.3 Å². The van der Waals surface area contributed by atoms with Crippen molar-refractivity contribution in [3.05, 3.63) is 60.1 Å². The molecule has 0 aliphatic rings. The van der Waals surface area contributed by atoms with E-state index in [1.54, 1.807) is 6.26 Å². The van der Waals surface area contributed by atoms with Crippen LogP contribution in [0.4, 0.5) is 0 Å². The van der Waals surface area contributed by atoms with Crippen molar-refractivity contribution in [1.82, 2.24) is 9.97 Å². The maximum atomic E-state index is 5.74. The molecule has 0 fully saturated rings. The molecule has 0 saturated heterocycles. The van der Waals surface area contributed by atoms with Crippen molar-refractivity contribution in [3.63, 3.8) is 0 Å². The first-order valence-corrected chi connectivity index (χ1v) is 8.91. The van der Waals surface area contributed by atoms with Crippen LogP contribution in [0.5, 0.6) is 0 Å². The molecule has 0 aliphatic heterocycles. The highest BCUT2D eigenvalue weighted by Gasteiger charge is 2.14. The van der Waals surface area contributed by atoms with Crippen molar-refractivity contribution >= 4 is 21.9 Å². The predicted octanol–water partition coefficient (Wildman–Crippen LogP) is 5.80. The van der Waals surface area contributed by atoms with Crippen LogP contribution in [0.2, 0.25) is 0 Å². The largest absolute Gasteiger partial charge is 0.462 e. The van der Waals surface area contributed by atoms with Crippen LogP contribution in [0.1, 0.15) is 32.0 Å². The number of benzene rings is 1. The van der Waals surface area contributed by atoms with Gasteiger partial charge in [0.25, 0.3) is 0 Å². The van der Waals surface area contributed by atoms with E-state index in [9.17, 15) is 0 Å². The minimum atomic E-state index is 0.572. The molecule has 0 spiro atoms. The van der Waals surface area contributed by atoms with Gasteiger partial charge in [-0.2, -0.15) is 0 Å². The zero-order chi connectivity index (χ0) is 17.4. The van der Waals surface area contributed by atoms with Gasteiger partial charge in [0.2, 0.25) is 0 Å². The second-order valence-electron chi connectivity index (χ2n) is 6.96. The lowest BCUT2D eigenvalue weighted by Crippen LogP contribution is -1.98. The fourth-order valence-corrected chi connectivity index (χ4v) is 3.33. The lowest BCUT2D eigenvalue weighted by atomic mass is 9.99. The van der Waals surface area contributed by atoms with Crippen LogP contribution in [0.3, 0.4) is 0 Å². The molecule has 3 heteroatoms. The topological polar surface area (TPSA) is 38.9 Å². The Hall–Kier alpha value is -2.68. The molecule has 3 aromatic heterocycles. The Morgan fingerprint density at radius 3 is 2.76 bits per heavy atom. The highest BCUT2D eigenvalue weighted by Crippen LogP contribution is 2.34. The number of nitrogens with zero attached hydrogens (tertiary/aromatic N) is 2. The number of hydrogen-bond donors (Lipinski definition) is 0. The Morgan fingerprint density at radius 2 is 1.96 bits per heavy atom. The smallest absolute Gasteiger partial charge is 0.160 e. The molecule has 126 valence electrons. The number of pyridine rings is 2. The van der Waals surface area contributed by atoms with Crippen molar-refractivity contribution in [1.29, 1.82) is 0 Å². The van der Waals surface area contributed by atoms with E-state index in [1.165, 1.54) is 5.56 Å². The van der Waals surface area contributed by atoms with E-state index >= 15 is 0 Å². The molecule has 1 aromatic carbocycles. The quantitative estimate of drug-likeness (QED) is 0.474. The second-order valence-corrected chi connectivity index (χ2v) is 6.96. The van der Waals surface area contributed by atoms with Crippen LogP contribution < -0.4 is 0 Å². The molecule has 3 heterocycles. The van der Waals surface area contributed by atoms with Gasteiger partial charge < -0.3 is 4.42 Å². The third-order valence-corrected chi connectivity index (χ3v) is 4.58. The maximum Gasteiger partial charge on any atom is 0.160 e. The highest BCUT2D eigenvalue weighted by molar-refractivity contribution is 6.09. The van der Waals surface area contributed by atoms with Crippen molar-refractivity contribution < 1.29 is 4.42 Å². The average Bonchev–Trinajstić information content (AvgIpc) is 3.09. The molecule has 0 radical (unpaired) electrons. The zero-order valence-corrected chi connectivity index (χ0v) is 14.9. The maximum absolute atomic E-state index is 5.74. The lowest BCUT2D eigenvalue weighted by Gasteiger charge is -2.10. The van der Waals surface area contributed by atoms with E-state index in [0.29, 0.717) is 5.92 Å².